The molecular weight excluding hydrogens is 370 g/mol. The van der Waals surface area contributed by atoms with E-state index in [9.17, 15) is 20.4 Å². The molecule has 0 atom stereocenters. The lowest BCUT2D eigenvalue weighted by atomic mass is 10.1. The Morgan fingerprint density at radius 1 is 0.793 bits per heavy atom. The molecule has 3 rings (SSSR count). The Bertz CT molecular complexity index is 1070. The first kappa shape index (κ1) is 19.8. The second-order valence-corrected chi connectivity index (χ2v) is 6.37. The third-order valence-electron chi connectivity index (χ3n) is 4.28. The lowest BCUT2D eigenvalue weighted by molar-refractivity contribution is 0.373. The van der Waals surface area contributed by atoms with Crippen LogP contribution in [0.5, 0.6) is 28.7 Å². The average Bonchev–Trinajstić information content (AvgIpc) is 2.71. The Hall–Kier alpha value is -3.93. The third kappa shape index (κ3) is 5.07. The van der Waals surface area contributed by atoms with E-state index in [1.165, 1.54) is 25.5 Å². The van der Waals surface area contributed by atoms with Gasteiger partial charge in [0.15, 0.2) is 11.5 Å². The van der Waals surface area contributed by atoms with Crippen LogP contribution in [0.4, 0.5) is 0 Å². The van der Waals surface area contributed by atoms with Crippen molar-refractivity contribution in [2.75, 3.05) is 7.11 Å². The summed E-state index contributed by atoms with van der Waals surface area (Å²) in [5, 5.41) is 38.9. The number of aliphatic imine (C=N–C) groups is 1. The number of benzene rings is 3. The predicted octanol–water partition coefficient (Wildman–Crippen LogP) is 4.31. The summed E-state index contributed by atoms with van der Waals surface area (Å²) in [5.41, 5.74) is 2.80. The van der Waals surface area contributed by atoms with E-state index in [2.05, 4.69) is 4.99 Å². The van der Waals surface area contributed by atoms with E-state index in [0.29, 0.717) is 16.9 Å². The Kier molecular flexibility index (Phi) is 6.04. The minimum atomic E-state index is -0.0348. The normalized spacial score (nSPS) is 11.3. The van der Waals surface area contributed by atoms with Gasteiger partial charge in [0.05, 0.1) is 13.7 Å². The average molecular weight is 391 g/mol. The van der Waals surface area contributed by atoms with E-state index in [1.54, 1.807) is 42.5 Å². The lowest BCUT2D eigenvalue weighted by Crippen LogP contribution is -1.88. The summed E-state index contributed by atoms with van der Waals surface area (Å²) >= 11 is 0. The van der Waals surface area contributed by atoms with Gasteiger partial charge in [-0.05, 0) is 47.5 Å². The maximum atomic E-state index is 10.1. The summed E-state index contributed by atoms with van der Waals surface area (Å²) in [4.78, 5) is 4.26. The van der Waals surface area contributed by atoms with Crippen molar-refractivity contribution in [2.45, 2.75) is 6.54 Å². The van der Waals surface area contributed by atoms with E-state index >= 15 is 0 Å². The minimum absolute atomic E-state index is 0.0152. The highest BCUT2D eigenvalue weighted by Gasteiger charge is 2.03. The molecule has 4 N–H and O–H groups in total. The molecule has 148 valence electrons. The van der Waals surface area contributed by atoms with Crippen LogP contribution in [-0.2, 0) is 6.54 Å². The molecule has 0 aliphatic rings. The number of phenolic OH excluding ortho intramolecular Hbond substituents is 4. The molecule has 0 radical (unpaired) electrons. The van der Waals surface area contributed by atoms with E-state index in [1.807, 2.05) is 12.2 Å². The Labute approximate surface area is 168 Å². The fourth-order valence-corrected chi connectivity index (χ4v) is 2.70. The number of methoxy groups -OCH3 is 1. The first-order valence-electron chi connectivity index (χ1n) is 8.85. The van der Waals surface area contributed by atoms with Crippen molar-refractivity contribution in [3.05, 3.63) is 76.9 Å². The number of hydrogen-bond acceptors (Lipinski definition) is 6. The van der Waals surface area contributed by atoms with Gasteiger partial charge in [-0.1, -0.05) is 24.3 Å². The lowest BCUT2D eigenvalue weighted by Gasteiger charge is -2.04. The van der Waals surface area contributed by atoms with Gasteiger partial charge in [0.2, 0.25) is 0 Å². The summed E-state index contributed by atoms with van der Waals surface area (Å²) in [6, 6.07) is 14.5. The molecule has 6 nitrogen and oxygen atoms in total. The first-order chi connectivity index (χ1) is 14.0. The van der Waals surface area contributed by atoms with Crippen molar-refractivity contribution in [3.8, 4) is 28.7 Å². The molecule has 29 heavy (non-hydrogen) atoms. The van der Waals surface area contributed by atoms with Gasteiger partial charge < -0.3 is 25.2 Å². The summed E-state index contributed by atoms with van der Waals surface area (Å²) in [5.74, 6) is 0.508. The quantitative estimate of drug-likeness (QED) is 0.370. The molecular formula is C23H21NO5. The molecule has 3 aromatic rings. The van der Waals surface area contributed by atoms with Crippen molar-refractivity contribution in [1.29, 1.82) is 0 Å². The van der Waals surface area contributed by atoms with Crippen LogP contribution in [0.25, 0.3) is 12.2 Å². The van der Waals surface area contributed by atoms with Crippen molar-refractivity contribution in [3.63, 3.8) is 0 Å². The van der Waals surface area contributed by atoms with Crippen LogP contribution in [0.2, 0.25) is 0 Å². The molecule has 0 aliphatic heterocycles. The zero-order valence-electron chi connectivity index (χ0n) is 15.8. The molecule has 6 heteroatoms. The van der Waals surface area contributed by atoms with Gasteiger partial charge in [-0.2, -0.15) is 0 Å². The molecule has 3 aromatic carbocycles. The smallest absolute Gasteiger partial charge is 0.161 e. The van der Waals surface area contributed by atoms with Crippen LogP contribution in [0.1, 0.15) is 22.3 Å². The minimum Gasteiger partial charge on any atom is -0.508 e. The molecule has 0 aromatic heterocycles. The van der Waals surface area contributed by atoms with Gasteiger partial charge in [-0.25, -0.2) is 0 Å². The largest absolute Gasteiger partial charge is 0.508 e. The maximum absolute atomic E-state index is 10.1. The zero-order valence-corrected chi connectivity index (χ0v) is 15.8. The monoisotopic (exact) mass is 391 g/mol. The van der Waals surface area contributed by atoms with Crippen LogP contribution in [0, 0.1) is 0 Å². The molecule has 0 heterocycles. The molecule has 0 bridgehead atoms. The summed E-state index contributed by atoms with van der Waals surface area (Å²) in [6.45, 7) is 0.207. The molecule has 0 spiro atoms. The summed E-state index contributed by atoms with van der Waals surface area (Å²) < 4.78 is 5.10. The number of aromatic hydroxyl groups is 4. The van der Waals surface area contributed by atoms with Crippen LogP contribution < -0.4 is 4.74 Å². The van der Waals surface area contributed by atoms with Gasteiger partial charge in [-0.3, -0.25) is 4.99 Å². The van der Waals surface area contributed by atoms with E-state index in [0.717, 1.165) is 11.1 Å². The predicted molar refractivity (Wildman–Crippen MR) is 113 cm³/mol. The van der Waals surface area contributed by atoms with Gasteiger partial charge in [0, 0.05) is 23.4 Å². The molecule has 0 fully saturated rings. The van der Waals surface area contributed by atoms with Crippen molar-refractivity contribution >= 4 is 18.4 Å². The highest BCUT2D eigenvalue weighted by molar-refractivity contribution is 5.85. The fourth-order valence-electron chi connectivity index (χ4n) is 2.70. The molecule has 0 amide bonds. The van der Waals surface area contributed by atoms with Gasteiger partial charge in [0.1, 0.15) is 17.2 Å². The SMILES string of the molecule is COc1cc(/C=C/c2ccc(O)c(/C=N/Cc3ccc(O)cc3O)c2)ccc1O. The first-order valence-corrected chi connectivity index (χ1v) is 8.85. The number of hydrogen-bond donors (Lipinski definition) is 4. The van der Waals surface area contributed by atoms with E-state index < -0.39 is 0 Å². The third-order valence-corrected chi connectivity index (χ3v) is 4.28. The topological polar surface area (TPSA) is 103 Å². The van der Waals surface area contributed by atoms with Crippen molar-refractivity contribution in [1.82, 2.24) is 0 Å². The van der Waals surface area contributed by atoms with Gasteiger partial charge >= 0.3 is 0 Å². The fraction of sp³-hybridized carbons (Fsp3) is 0.0870. The van der Waals surface area contributed by atoms with Crippen molar-refractivity contribution in [2.24, 2.45) is 4.99 Å². The van der Waals surface area contributed by atoms with Gasteiger partial charge in [0.25, 0.3) is 0 Å². The van der Waals surface area contributed by atoms with Crippen LogP contribution >= 0.6 is 0 Å². The van der Waals surface area contributed by atoms with Crippen molar-refractivity contribution < 1.29 is 25.2 Å². The Morgan fingerprint density at radius 2 is 1.48 bits per heavy atom. The molecule has 0 unspecified atom stereocenters. The Morgan fingerprint density at radius 3 is 2.17 bits per heavy atom. The van der Waals surface area contributed by atoms with Crippen LogP contribution in [0.3, 0.4) is 0 Å². The molecule has 0 saturated heterocycles. The molecule has 0 saturated carbocycles. The Balaban J connectivity index is 1.75. The maximum Gasteiger partial charge on any atom is 0.161 e. The number of nitrogens with zero attached hydrogens (tertiary/aromatic N) is 1. The number of ether oxygens (including phenoxy) is 1. The number of phenols is 4. The van der Waals surface area contributed by atoms with Gasteiger partial charge in [-0.15, -0.1) is 0 Å². The highest BCUT2D eigenvalue weighted by Crippen LogP contribution is 2.27. The van der Waals surface area contributed by atoms with Crippen LogP contribution in [-0.4, -0.2) is 33.8 Å². The van der Waals surface area contributed by atoms with Crippen LogP contribution in [0.15, 0.2) is 59.6 Å². The summed E-state index contributed by atoms with van der Waals surface area (Å²) in [7, 11) is 1.49. The standard InChI is InChI=1S/C23H21NO5/c1-29-23-11-16(5-9-21(23)27)3-2-15-4-8-20(26)18(10-15)14-24-13-17-6-7-19(25)12-22(17)28/h2-12,14,25-28H,13H2,1H3/b3-2+,24-14+. The summed E-state index contributed by atoms with van der Waals surface area (Å²) in [6.07, 6.45) is 5.26. The number of rotatable bonds is 6. The second kappa shape index (κ2) is 8.84. The molecule has 0 aliphatic carbocycles. The highest BCUT2D eigenvalue weighted by atomic mass is 16.5. The second-order valence-electron chi connectivity index (χ2n) is 6.37. The van der Waals surface area contributed by atoms with E-state index in [4.69, 9.17) is 4.74 Å². The zero-order chi connectivity index (χ0) is 20.8. The van der Waals surface area contributed by atoms with E-state index in [-0.39, 0.29) is 29.5 Å².